The average Bonchev–Trinajstić information content (AvgIpc) is 3.27. The molecule has 0 spiro atoms. The van der Waals surface area contributed by atoms with Crippen molar-refractivity contribution in [1.82, 2.24) is 20.1 Å². The van der Waals surface area contributed by atoms with Crippen molar-refractivity contribution < 1.29 is 18.3 Å². The number of hydrogen-bond acceptors (Lipinski definition) is 7. The van der Waals surface area contributed by atoms with E-state index in [1.165, 1.54) is 18.3 Å². The normalized spacial score (nSPS) is 18.1. The first kappa shape index (κ1) is 23.5. The predicted molar refractivity (Wildman–Crippen MR) is 123 cm³/mol. The van der Waals surface area contributed by atoms with Crippen molar-refractivity contribution in [2.75, 3.05) is 5.32 Å². The zero-order valence-corrected chi connectivity index (χ0v) is 18.7. The first-order chi connectivity index (χ1) is 16.5. The number of fused-ring (bicyclic) bond motifs is 1. The van der Waals surface area contributed by atoms with Crippen LogP contribution in [-0.2, 0) is 13.1 Å². The van der Waals surface area contributed by atoms with Crippen molar-refractivity contribution in [2.45, 2.75) is 64.4 Å². The van der Waals surface area contributed by atoms with Crippen molar-refractivity contribution in [3.8, 4) is 5.75 Å². The number of carbonyl (C=O) groups is 1. The van der Waals surface area contributed by atoms with Gasteiger partial charge >= 0.3 is 6.61 Å². The van der Waals surface area contributed by atoms with E-state index in [0.29, 0.717) is 36.3 Å². The van der Waals surface area contributed by atoms with Crippen molar-refractivity contribution in [1.29, 1.82) is 0 Å². The van der Waals surface area contributed by atoms with Gasteiger partial charge in [0, 0.05) is 25.3 Å². The Labute approximate surface area is 194 Å². The number of pyridine rings is 1. The molecule has 1 aliphatic carbocycles. The molecule has 0 saturated heterocycles. The van der Waals surface area contributed by atoms with Crippen molar-refractivity contribution in [2.24, 2.45) is 5.18 Å². The lowest BCUT2D eigenvalue weighted by Crippen LogP contribution is -2.30. The summed E-state index contributed by atoms with van der Waals surface area (Å²) >= 11 is 0. The summed E-state index contributed by atoms with van der Waals surface area (Å²) < 4.78 is 30.8. The molecule has 34 heavy (non-hydrogen) atoms. The monoisotopic (exact) mass is 472 g/mol. The number of hydrogen-bond donors (Lipinski definition) is 2. The molecular formula is C23H26F2N6O3. The van der Waals surface area contributed by atoms with E-state index in [-0.39, 0.29) is 30.3 Å². The summed E-state index contributed by atoms with van der Waals surface area (Å²) in [6.07, 6.45) is 6.19. The summed E-state index contributed by atoms with van der Waals surface area (Å²) in [6, 6.07) is 6.03. The van der Waals surface area contributed by atoms with Crippen LogP contribution in [0, 0.1) is 4.91 Å². The second-order valence-corrected chi connectivity index (χ2v) is 8.20. The molecule has 9 nitrogen and oxygen atoms in total. The molecule has 1 saturated carbocycles. The number of nitrogens with one attached hydrogen (secondary N) is 2. The number of aryl methyl sites for hydroxylation is 1. The molecule has 0 unspecified atom stereocenters. The van der Waals surface area contributed by atoms with E-state index in [0.717, 1.165) is 23.8 Å². The van der Waals surface area contributed by atoms with Crippen LogP contribution in [0.4, 0.5) is 14.5 Å². The van der Waals surface area contributed by atoms with Gasteiger partial charge in [0.1, 0.15) is 5.75 Å². The lowest BCUT2D eigenvalue weighted by Gasteiger charge is -2.27. The Hall–Kier alpha value is -3.63. The zero-order chi connectivity index (χ0) is 24.1. The second kappa shape index (κ2) is 10.5. The molecule has 2 aromatic heterocycles. The van der Waals surface area contributed by atoms with Gasteiger partial charge < -0.3 is 15.4 Å². The van der Waals surface area contributed by atoms with E-state index < -0.39 is 6.61 Å². The molecule has 11 heteroatoms. The third-order valence-corrected chi connectivity index (χ3v) is 6.01. The topological polar surface area (TPSA) is 110 Å². The number of alkyl halides is 2. The van der Waals surface area contributed by atoms with Crippen molar-refractivity contribution in [3.63, 3.8) is 0 Å². The minimum absolute atomic E-state index is 0.0543. The largest absolute Gasteiger partial charge is 0.435 e. The van der Waals surface area contributed by atoms with Crippen LogP contribution in [0.25, 0.3) is 11.0 Å². The maximum Gasteiger partial charge on any atom is 0.387 e. The standard InChI is InChI=1S/C23H26F2N6O3/c1-2-31-21-18(13-28-31)20(29-15-5-7-16(30-33)8-6-15)19(12-26-21)22(32)27-11-14-3-9-17(10-4-14)34-23(24)25/h3-4,9-10,12-13,15-16,23H,2,5-8,11H2,1H3,(H,26,29)(H,27,32). The smallest absolute Gasteiger partial charge is 0.387 e. The second-order valence-electron chi connectivity index (χ2n) is 8.20. The summed E-state index contributed by atoms with van der Waals surface area (Å²) in [5.41, 5.74) is 2.46. The predicted octanol–water partition coefficient (Wildman–Crippen LogP) is 4.47. The average molecular weight is 472 g/mol. The number of benzene rings is 1. The molecule has 2 N–H and O–H groups in total. The lowest BCUT2D eigenvalue weighted by molar-refractivity contribution is -0.0498. The molecule has 0 bridgehead atoms. The van der Waals surface area contributed by atoms with Gasteiger partial charge in [-0.15, -0.1) is 0 Å². The fraction of sp³-hybridized carbons (Fsp3) is 0.435. The van der Waals surface area contributed by atoms with E-state index >= 15 is 0 Å². The third-order valence-electron chi connectivity index (χ3n) is 6.01. The van der Waals surface area contributed by atoms with E-state index in [1.54, 1.807) is 23.0 Å². The van der Waals surface area contributed by atoms with Gasteiger partial charge in [-0.05, 0) is 50.3 Å². The maximum atomic E-state index is 13.1. The Morgan fingerprint density at radius 2 is 1.94 bits per heavy atom. The van der Waals surface area contributed by atoms with Gasteiger partial charge in [-0.3, -0.25) is 4.79 Å². The molecule has 0 atom stereocenters. The van der Waals surface area contributed by atoms with Crippen LogP contribution in [0.5, 0.6) is 5.75 Å². The molecule has 1 aromatic carbocycles. The zero-order valence-electron chi connectivity index (χ0n) is 18.7. The molecule has 4 rings (SSSR count). The highest BCUT2D eigenvalue weighted by atomic mass is 19.3. The molecule has 3 aromatic rings. The number of nitrogens with zero attached hydrogens (tertiary/aromatic N) is 4. The molecule has 1 amide bonds. The Bertz CT molecular complexity index is 1140. The van der Waals surface area contributed by atoms with Crippen LogP contribution in [0.3, 0.4) is 0 Å². The summed E-state index contributed by atoms with van der Waals surface area (Å²) in [6.45, 7) is -0.0771. The van der Waals surface area contributed by atoms with Gasteiger partial charge in [0.05, 0.1) is 28.9 Å². The van der Waals surface area contributed by atoms with Crippen molar-refractivity contribution in [3.05, 3.63) is 52.7 Å². The summed E-state index contributed by atoms with van der Waals surface area (Å²) in [7, 11) is 0. The molecule has 1 aliphatic rings. The minimum atomic E-state index is -2.89. The Kier molecular flexibility index (Phi) is 7.29. The summed E-state index contributed by atoms with van der Waals surface area (Å²) in [4.78, 5) is 28.4. The number of rotatable bonds is 9. The number of amides is 1. The van der Waals surface area contributed by atoms with Crippen LogP contribution >= 0.6 is 0 Å². The maximum absolute atomic E-state index is 13.1. The fourth-order valence-corrected chi connectivity index (χ4v) is 4.18. The highest BCUT2D eigenvalue weighted by Crippen LogP contribution is 2.30. The third kappa shape index (κ3) is 5.29. The number of aromatic nitrogens is 3. The van der Waals surface area contributed by atoms with E-state index in [4.69, 9.17) is 0 Å². The lowest BCUT2D eigenvalue weighted by atomic mass is 9.91. The molecule has 0 radical (unpaired) electrons. The Morgan fingerprint density at radius 3 is 2.59 bits per heavy atom. The van der Waals surface area contributed by atoms with Gasteiger partial charge in [0.15, 0.2) is 5.65 Å². The SMILES string of the molecule is CCn1ncc2c(NC3CCC(N=O)CC3)c(C(=O)NCc3ccc(OC(F)F)cc3)cnc21. The first-order valence-electron chi connectivity index (χ1n) is 11.2. The summed E-state index contributed by atoms with van der Waals surface area (Å²) in [5, 5.41) is 14.6. The Balaban J connectivity index is 1.53. The number of halogens is 2. The van der Waals surface area contributed by atoms with Crippen LogP contribution in [0.15, 0.2) is 41.8 Å². The van der Waals surface area contributed by atoms with Crippen LogP contribution < -0.4 is 15.4 Å². The molecule has 1 fully saturated rings. The van der Waals surface area contributed by atoms with E-state index in [1.807, 2.05) is 6.92 Å². The van der Waals surface area contributed by atoms with E-state index in [9.17, 15) is 18.5 Å². The quantitative estimate of drug-likeness (QED) is 0.445. The van der Waals surface area contributed by atoms with Gasteiger partial charge in [-0.1, -0.05) is 17.3 Å². The van der Waals surface area contributed by atoms with Gasteiger partial charge in [-0.25, -0.2) is 9.67 Å². The van der Waals surface area contributed by atoms with E-state index in [2.05, 4.69) is 30.6 Å². The molecular weight excluding hydrogens is 446 g/mol. The number of nitroso groups, excluding NO2 is 1. The molecule has 180 valence electrons. The van der Waals surface area contributed by atoms with Gasteiger partial charge in [0.25, 0.3) is 5.91 Å². The Morgan fingerprint density at radius 1 is 1.21 bits per heavy atom. The van der Waals surface area contributed by atoms with Crippen molar-refractivity contribution >= 4 is 22.6 Å². The van der Waals surface area contributed by atoms with Crippen LogP contribution in [0.2, 0.25) is 0 Å². The fourth-order valence-electron chi connectivity index (χ4n) is 4.18. The van der Waals surface area contributed by atoms with Crippen LogP contribution in [0.1, 0.15) is 48.5 Å². The number of carbonyl (C=O) groups excluding carboxylic acids is 1. The molecule has 2 heterocycles. The van der Waals surface area contributed by atoms with Gasteiger partial charge in [-0.2, -0.15) is 18.8 Å². The minimum Gasteiger partial charge on any atom is -0.435 e. The van der Waals surface area contributed by atoms with Crippen LogP contribution in [-0.4, -0.2) is 39.4 Å². The number of ether oxygens (including phenoxy) is 1. The molecule has 0 aliphatic heterocycles. The first-order valence-corrected chi connectivity index (χ1v) is 11.2. The highest BCUT2D eigenvalue weighted by Gasteiger charge is 2.25. The number of anilines is 1. The highest BCUT2D eigenvalue weighted by molar-refractivity contribution is 6.06. The van der Waals surface area contributed by atoms with Gasteiger partial charge in [0.2, 0.25) is 0 Å². The summed E-state index contributed by atoms with van der Waals surface area (Å²) in [5.74, 6) is -0.268.